The number of aromatic nitrogens is 2. The molecule has 1 aromatic carbocycles. The normalized spacial score (nSPS) is 16.5. The van der Waals surface area contributed by atoms with Crippen molar-refractivity contribution in [2.24, 2.45) is 7.05 Å². The molecule has 4 nitrogen and oxygen atoms in total. The van der Waals surface area contributed by atoms with Crippen LogP contribution >= 0.6 is 23.5 Å². The number of hydrogen-bond acceptors (Lipinski definition) is 5. The number of thioether (sulfide) groups is 2. The third kappa shape index (κ3) is 2.98. The van der Waals surface area contributed by atoms with Crippen LogP contribution in [0.25, 0.3) is 0 Å². The second-order valence-electron chi connectivity index (χ2n) is 5.24. The van der Waals surface area contributed by atoms with E-state index in [9.17, 15) is 9.59 Å². The number of benzene rings is 1. The highest BCUT2D eigenvalue weighted by atomic mass is 32.2. The Balaban J connectivity index is 1.79. The Morgan fingerprint density at radius 1 is 1.41 bits per heavy atom. The molecule has 0 aliphatic carbocycles. The second-order valence-corrected chi connectivity index (χ2v) is 7.64. The Bertz CT molecular complexity index is 772. The number of nitrogens with zero attached hydrogens (tertiary/aromatic N) is 2. The molecule has 22 heavy (non-hydrogen) atoms. The predicted octanol–water partition coefficient (Wildman–Crippen LogP) is 2.79. The van der Waals surface area contributed by atoms with Crippen molar-refractivity contribution in [3.8, 4) is 0 Å². The topological polar surface area (TPSA) is 52.0 Å². The molecule has 0 saturated carbocycles. The van der Waals surface area contributed by atoms with Gasteiger partial charge in [0.1, 0.15) is 0 Å². The van der Waals surface area contributed by atoms with Gasteiger partial charge in [-0.15, -0.1) is 11.8 Å². The first-order valence-electron chi connectivity index (χ1n) is 7.04. The maximum atomic E-state index is 12.3. The molecule has 0 spiro atoms. The Labute approximate surface area is 137 Å². The van der Waals surface area contributed by atoms with Crippen LogP contribution < -0.4 is 5.56 Å². The molecule has 1 aromatic heterocycles. The summed E-state index contributed by atoms with van der Waals surface area (Å²) in [4.78, 5) is 29.8. The van der Waals surface area contributed by atoms with Crippen LogP contribution in [0.1, 0.15) is 23.0 Å². The highest BCUT2D eigenvalue weighted by Gasteiger charge is 2.25. The molecule has 2 aromatic rings. The number of carbonyl (C=O) groups is 1. The van der Waals surface area contributed by atoms with Gasteiger partial charge in [-0.1, -0.05) is 49.0 Å². The van der Waals surface area contributed by atoms with Gasteiger partial charge in [-0.25, -0.2) is 4.98 Å². The summed E-state index contributed by atoms with van der Waals surface area (Å²) in [5.41, 5.74) is 1.55. The van der Waals surface area contributed by atoms with Gasteiger partial charge < -0.3 is 0 Å². The molecule has 1 aliphatic heterocycles. The van der Waals surface area contributed by atoms with E-state index in [2.05, 4.69) is 11.9 Å². The first-order chi connectivity index (χ1) is 10.6. The second kappa shape index (κ2) is 6.30. The van der Waals surface area contributed by atoms with Crippen LogP contribution in [0.2, 0.25) is 0 Å². The lowest BCUT2D eigenvalue weighted by Crippen LogP contribution is -2.22. The number of carbonyl (C=O) groups excluding carboxylic acids is 1. The third-order valence-corrected chi connectivity index (χ3v) is 5.75. The van der Waals surface area contributed by atoms with Crippen LogP contribution in [0.5, 0.6) is 0 Å². The maximum Gasteiger partial charge on any atom is 0.267 e. The average Bonchev–Trinajstić information content (AvgIpc) is 2.90. The van der Waals surface area contributed by atoms with Crippen LogP contribution in [0.4, 0.5) is 0 Å². The summed E-state index contributed by atoms with van der Waals surface area (Å²) in [5, 5.41) is 1.00. The number of hydrogen-bond donors (Lipinski definition) is 0. The summed E-state index contributed by atoms with van der Waals surface area (Å²) in [5.74, 6) is 0.328. The summed E-state index contributed by atoms with van der Waals surface area (Å²) in [6.07, 6.45) is 0.816. The van der Waals surface area contributed by atoms with Gasteiger partial charge in [-0.2, -0.15) is 0 Å². The minimum absolute atomic E-state index is 0.00555. The lowest BCUT2D eigenvalue weighted by Gasteiger charge is -2.08. The minimum Gasteiger partial charge on any atom is -0.293 e. The molecule has 1 aliphatic rings. The van der Waals surface area contributed by atoms with E-state index in [0.717, 1.165) is 17.0 Å². The molecule has 0 N–H and O–H groups in total. The van der Waals surface area contributed by atoms with Gasteiger partial charge in [-0.05, 0) is 0 Å². The average molecular weight is 332 g/mol. The number of ketones is 1. The highest BCUT2D eigenvalue weighted by Crippen LogP contribution is 2.33. The molecule has 1 atom stereocenters. The molecular formula is C16H16N2O2S2. The Morgan fingerprint density at radius 3 is 2.86 bits per heavy atom. The van der Waals surface area contributed by atoms with E-state index in [1.165, 1.54) is 11.8 Å². The van der Waals surface area contributed by atoms with Crippen molar-refractivity contribution in [1.82, 2.24) is 9.55 Å². The van der Waals surface area contributed by atoms with Crippen molar-refractivity contribution < 1.29 is 4.79 Å². The Morgan fingerprint density at radius 2 is 2.14 bits per heavy atom. The lowest BCUT2D eigenvalue weighted by molar-refractivity contribution is 0.102. The molecular weight excluding hydrogens is 316 g/mol. The minimum atomic E-state index is -0.00555. The zero-order valence-electron chi connectivity index (χ0n) is 12.4. The van der Waals surface area contributed by atoms with Gasteiger partial charge in [0.2, 0.25) is 0 Å². The summed E-state index contributed by atoms with van der Waals surface area (Å²) < 4.78 is 1.55. The van der Waals surface area contributed by atoms with Gasteiger partial charge in [0.15, 0.2) is 10.9 Å². The van der Waals surface area contributed by atoms with Crippen molar-refractivity contribution in [3.05, 3.63) is 51.9 Å². The van der Waals surface area contributed by atoms with Gasteiger partial charge in [0.05, 0.1) is 16.3 Å². The summed E-state index contributed by atoms with van der Waals surface area (Å²) in [6, 6.07) is 9.18. The monoisotopic (exact) mass is 332 g/mol. The Hall–Kier alpha value is -1.53. The summed E-state index contributed by atoms with van der Waals surface area (Å²) in [7, 11) is 1.72. The van der Waals surface area contributed by atoms with Crippen molar-refractivity contribution in [3.63, 3.8) is 0 Å². The molecule has 0 saturated heterocycles. The molecule has 0 bridgehead atoms. The fourth-order valence-electron chi connectivity index (χ4n) is 2.34. The fourth-order valence-corrected chi connectivity index (χ4v) is 4.37. The van der Waals surface area contributed by atoms with Gasteiger partial charge in [0.25, 0.3) is 5.56 Å². The van der Waals surface area contributed by atoms with E-state index in [4.69, 9.17) is 0 Å². The summed E-state index contributed by atoms with van der Waals surface area (Å²) >= 11 is 2.91. The van der Waals surface area contributed by atoms with E-state index in [1.54, 1.807) is 35.5 Å². The van der Waals surface area contributed by atoms with E-state index in [0.29, 0.717) is 16.0 Å². The first kappa shape index (κ1) is 15.4. The fraction of sp³-hybridized carbons (Fsp3) is 0.312. The van der Waals surface area contributed by atoms with E-state index in [1.807, 2.05) is 18.2 Å². The van der Waals surface area contributed by atoms with E-state index >= 15 is 0 Å². The molecule has 0 amide bonds. The van der Waals surface area contributed by atoms with Crippen LogP contribution in [-0.4, -0.2) is 26.3 Å². The van der Waals surface area contributed by atoms with Crippen molar-refractivity contribution in [2.75, 3.05) is 5.75 Å². The van der Waals surface area contributed by atoms with Crippen LogP contribution in [-0.2, 0) is 13.5 Å². The van der Waals surface area contributed by atoms with Crippen molar-refractivity contribution in [1.29, 1.82) is 0 Å². The van der Waals surface area contributed by atoms with Gasteiger partial charge in [0, 0.05) is 24.3 Å². The largest absolute Gasteiger partial charge is 0.293 e. The Kier molecular flexibility index (Phi) is 4.40. The van der Waals surface area contributed by atoms with E-state index < -0.39 is 0 Å². The molecule has 114 valence electrons. The number of rotatable bonds is 4. The molecule has 3 rings (SSSR count). The summed E-state index contributed by atoms with van der Waals surface area (Å²) in [6.45, 7) is 2.09. The number of Topliss-reactive ketones (excluding diaryl/α,β-unsaturated/α-hetero) is 1. The molecule has 1 unspecified atom stereocenters. The zero-order valence-corrected chi connectivity index (χ0v) is 14.0. The maximum absolute atomic E-state index is 12.3. The smallest absolute Gasteiger partial charge is 0.267 e. The first-order valence-corrected chi connectivity index (χ1v) is 8.90. The zero-order chi connectivity index (χ0) is 15.7. The number of fused-ring (bicyclic) bond motifs is 1. The predicted molar refractivity (Wildman–Crippen MR) is 90.0 cm³/mol. The molecule has 0 fully saturated rings. The van der Waals surface area contributed by atoms with Crippen LogP contribution in [0.15, 0.2) is 45.2 Å². The van der Waals surface area contributed by atoms with Crippen LogP contribution in [0.3, 0.4) is 0 Å². The van der Waals surface area contributed by atoms with Crippen molar-refractivity contribution in [2.45, 2.75) is 28.6 Å². The lowest BCUT2D eigenvalue weighted by atomic mass is 10.2. The van der Waals surface area contributed by atoms with Crippen molar-refractivity contribution >= 4 is 29.3 Å². The molecule has 0 radical (unpaired) electrons. The van der Waals surface area contributed by atoms with E-state index in [-0.39, 0.29) is 17.1 Å². The molecule has 2 heterocycles. The SMILES string of the molecule is CC1Cc2nc(SCC(=O)c3ccccc3)n(C)c(=O)c2S1. The quantitative estimate of drug-likeness (QED) is 0.489. The van der Waals surface area contributed by atoms with Crippen LogP contribution in [0, 0.1) is 0 Å². The standard InChI is InChI=1S/C16H16N2O2S2/c1-10-8-12-14(22-10)15(20)18(2)16(17-12)21-9-13(19)11-6-4-3-5-7-11/h3-7,10H,8-9H2,1-2H3. The van der Waals surface area contributed by atoms with Gasteiger partial charge in [-0.3, -0.25) is 14.2 Å². The highest BCUT2D eigenvalue weighted by molar-refractivity contribution is 8.00. The van der Waals surface area contributed by atoms with Gasteiger partial charge >= 0.3 is 0 Å². The third-order valence-electron chi connectivity index (χ3n) is 3.51. The molecule has 6 heteroatoms.